The van der Waals surface area contributed by atoms with Crippen molar-refractivity contribution in [3.63, 3.8) is 0 Å². The van der Waals surface area contributed by atoms with Crippen LogP contribution in [0.2, 0.25) is 0 Å². The monoisotopic (exact) mass is 264 g/mol. The van der Waals surface area contributed by atoms with Crippen molar-refractivity contribution in [2.24, 2.45) is 5.73 Å². The van der Waals surface area contributed by atoms with E-state index in [9.17, 15) is 4.39 Å². The van der Waals surface area contributed by atoms with E-state index in [4.69, 9.17) is 10.2 Å². The number of benzene rings is 1. The van der Waals surface area contributed by atoms with E-state index in [1.165, 1.54) is 12.1 Å². The first-order valence-corrected chi connectivity index (χ1v) is 6.20. The van der Waals surface area contributed by atoms with Crippen LogP contribution >= 0.6 is 0 Å². The first-order valence-electron chi connectivity index (χ1n) is 6.20. The predicted octanol–water partition coefficient (Wildman–Crippen LogP) is 1.67. The van der Waals surface area contributed by atoms with Crippen LogP contribution < -0.4 is 11.1 Å². The number of aromatic nitrogens is 2. The van der Waals surface area contributed by atoms with E-state index in [0.717, 1.165) is 17.5 Å². The highest BCUT2D eigenvalue weighted by molar-refractivity contribution is 5.28. The highest BCUT2D eigenvalue weighted by atomic mass is 19.1. The van der Waals surface area contributed by atoms with Crippen molar-refractivity contribution in [2.45, 2.75) is 19.8 Å². The van der Waals surface area contributed by atoms with Gasteiger partial charge in [-0.15, -0.1) is 5.10 Å². The van der Waals surface area contributed by atoms with Crippen LogP contribution in [0.15, 0.2) is 22.6 Å². The number of nitrogens with one attached hydrogen (secondary N) is 1. The minimum atomic E-state index is -0.211. The van der Waals surface area contributed by atoms with Gasteiger partial charge in [-0.2, -0.15) is 0 Å². The molecule has 1 heterocycles. The molecule has 0 saturated heterocycles. The fraction of sp³-hybridized carbons (Fsp3) is 0.385. The minimum Gasteiger partial charge on any atom is -0.408 e. The standard InChI is InChI=1S/C13H17FN4O/c1-9-8-11(14)3-2-10(9)5-7-16-13-18-17-12(19-13)4-6-15/h2-3,8H,4-7,15H2,1H3,(H,16,18). The second kappa shape index (κ2) is 6.29. The van der Waals surface area contributed by atoms with E-state index >= 15 is 0 Å². The Balaban J connectivity index is 1.85. The zero-order valence-electron chi connectivity index (χ0n) is 10.8. The normalized spacial score (nSPS) is 10.7. The second-order valence-electron chi connectivity index (χ2n) is 4.29. The van der Waals surface area contributed by atoms with Crippen LogP contribution in [0.4, 0.5) is 10.4 Å². The van der Waals surface area contributed by atoms with Crippen LogP contribution in [0.25, 0.3) is 0 Å². The van der Waals surface area contributed by atoms with Gasteiger partial charge in [-0.25, -0.2) is 4.39 Å². The lowest BCUT2D eigenvalue weighted by Gasteiger charge is -2.05. The summed E-state index contributed by atoms with van der Waals surface area (Å²) >= 11 is 0. The summed E-state index contributed by atoms with van der Waals surface area (Å²) in [7, 11) is 0. The van der Waals surface area contributed by atoms with Crippen molar-refractivity contribution in [3.8, 4) is 0 Å². The molecular weight excluding hydrogens is 247 g/mol. The van der Waals surface area contributed by atoms with Gasteiger partial charge in [0.15, 0.2) is 0 Å². The number of aryl methyl sites for hydroxylation is 1. The van der Waals surface area contributed by atoms with Crippen LogP contribution in [-0.4, -0.2) is 23.3 Å². The average Bonchev–Trinajstić information content (AvgIpc) is 2.80. The number of hydrogen-bond acceptors (Lipinski definition) is 5. The molecule has 0 bridgehead atoms. The first kappa shape index (κ1) is 13.5. The number of rotatable bonds is 6. The molecule has 1 aromatic heterocycles. The SMILES string of the molecule is Cc1cc(F)ccc1CCNc1nnc(CCN)o1. The third kappa shape index (κ3) is 3.75. The van der Waals surface area contributed by atoms with Gasteiger partial charge in [0.2, 0.25) is 5.89 Å². The number of nitrogens with zero attached hydrogens (tertiary/aromatic N) is 2. The number of halogens is 1. The molecule has 102 valence electrons. The van der Waals surface area contributed by atoms with Crippen LogP contribution in [0.5, 0.6) is 0 Å². The Morgan fingerprint density at radius 3 is 2.89 bits per heavy atom. The lowest BCUT2D eigenvalue weighted by atomic mass is 10.1. The first-order chi connectivity index (χ1) is 9.19. The van der Waals surface area contributed by atoms with Crippen molar-refractivity contribution in [1.82, 2.24) is 10.2 Å². The second-order valence-corrected chi connectivity index (χ2v) is 4.29. The Morgan fingerprint density at radius 2 is 2.16 bits per heavy atom. The number of hydrogen-bond donors (Lipinski definition) is 2. The van der Waals surface area contributed by atoms with E-state index in [-0.39, 0.29) is 5.82 Å². The van der Waals surface area contributed by atoms with Gasteiger partial charge < -0.3 is 15.5 Å². The molecule has 0 radical (unpaired) electrons. The van der Waals surface area contributed by atoms with Gasteiger partial charge in [-0.1, -0.05) is 11.2 Å². The molecule has 0 aliphatic heterocycles. The van der Waals surface area contributed by atoms with Crippen molar-refractivity contribution >= 4 is 6.01 Å². The molecule has 0 fully saturated rings. The molecular formula is C13H17FN4O. The molecule has 6 heteroatoms. The van der Waals surface area contributed by atoms with Crippen LogP contribution in [-0.2, 0) is 12.8 Å². The molecule has 2 rings (SSSR count). The molecule has 0 aliphatic carbocycles. The zero-order chi connectivity index (χ0) is 13.7. The van der Waals surface area contributed by atoms with E-state index < -0.39 is 0 Å². The maximum absolute atomic E-state index is 13.0. The molecule has 0 unspecified atom stereocenters. The Bertz CT molecular complexity index is 541. The lowest BCUT2D eigenvalue weighted by molar-refractivity contribution is 0.506. The summed E-state index contributed by atoms with van der Waals surface area (Å²) in [5, 5.41) is 10.8. The lowest BCUT2D eigenvalue weighted by Crippen LogP contribution is -2.06. The quantitative estimate of drug-likeness (QED) is 0.830. The van der Waals surface area contributed by atoms with E-state index in [1.54, 1.807) is 6.07 Å². The molecule has 0 atom stereocenters. The Labute approximate surface area is 111 Å². The maximum Gasteiger partial charge on any atom is 0.315 e. The summed E-state index contributed by atoms with van der Waals surface area (Å²) < 4.78 is 18.3. The van der Waals surface area contributed by atoms with Crippen molar-refractivity contribution in [2.75, 3.05) is 18.4 Å². The summed E-state index contributed by atoms with van der Waals surface area (Å²) in [5.74, 6) is 0.320. The highest BCUT2D eigenvalue weighted by Gasteiger charge is 2.05. The van der Waals surface area contributed by atoms with Gasteiger partial charge >= 0.3 is 6.01 Å². The average molecular weight is 264 g/mol. The van der Waals surface area contributed by atoms with Crippen LogP contribution in [0.3, 0.4) is 0 Å². The van der Waals surface area contributed by atoms with E-state index in [0.29, 0.717) is 31.4 Å². The fourth-order valence-corrected chi connectivity index (χ4v) is 1.79. The summed E-state index contributed by atoms with van der Waals surface area (Å²) in [6.07, 6.45) is 1.34. The molecule has 0 spiro atoms. The summed E-state index contributed by atoms with van der Waals surface area (Å²) in [4.78, 5) is 0. The molecule has 19 heavy (non-hydrogen) atoms. The van der Waals surface area contributed by atoms with Crippen molar-refractivity contribution in [1.29, 1.82) is 0 Å². The topological polar surface area (TPSA) is 77.0 Å². The minimum absolute atomic E-state index is 0.211. The smallest absolute Gasteiger partial charge is 0.315 e. The third-order valence-corrected chi connectivity index (χ3v) is 2.80. The van der Waals surface area contributed by atoms with Gasteiger partial charge in [-0.3, -0.25) is 0 Å². The number of anilines is 1. The molecule has 0 aliphatic rings. The van der Waals surface area contributed by atoms with Gasteiger partial charge in [0, 0.05) is 19.5 Å². The van der Waals surface area contributed by atoms with E-state index in [1.807, 2.05) is 6.92 Å². The Kier molecular flexibility index (Phi) is 4.46. The fourth-order valence-electron chi connectivity index (χ4n) is 1.79. The molecule has 2 aromatic rings. The maximum atomic E-state index is 13.0. The predicted molar refractivity (Wildman–Crippen MR) is 70.4 cm³/mol. The van der Waals surface area contributed by atoms with Crippen molar-refractivity contribution < 1.29 is 8.81 Å². The van der Waals surface area contributed by atoms with Gasteiger partial charge in [0.05, 0.1) is 0 Å². The highest BCUT2D eigenvalue weighted by Crippen LogP contribution is 2.11. The molecule has 3 N–H and O–H groups in total. The summed E-state index contributed by atoms with van der Waals surface area (Å²) in [5.41, 5.74) is 7.43. The van der Waals surface area contributed by atoms with Gasteiger partial charge in [-0.05, 0) is 36.6 Å². The molecule has 5 nitrogen and oxygen atoms in total. The molecule has 0 saturated carbocycles. The van der Waals surface area contributed by atoms with Crippen LogP contribution in [0.1, 0.15) is 17.0 Å². The Morgan fingerprint density at radius 1 is 1.32 bits per heavy atom. The molecule has 0 amide bonds. The third-order valence-electron chi connectivity index (χ3n) is 2.80. The van der Waals surface area contributed by atoms with E-state index in [2.05, 4.69) is 15.5 Å². The Hall–Kier alpha value is -1.95. The summed E-state index contributed by atoms with van der Waals surface area (Å²) in [6, 6.07) is 5.18. The van der Waals surface area contributed by atoms with Gasteiger partial charge in [0.1, 0.15) is 5.82 Å². The number of nitrogens with two attached hydrogens (primary N) is 1. The summed E-state index contributed by atoms with van der Waals surface area (Å²) in [6.45, 7) is 3.03. The zero-order valence-corrected chi connectivity index (χ0v) is 10.8. The molecule has 1 aromatic carbocycles. The van der Waals surface area contributed by atoms with Gasteiger partial charge in [0.25, 0.3) is 0 Å². The van der Waals surface area contributed by atoms with Crippen molar-refractivity contribution in [3.05, 3.63) is 41.0 Å². The van der Waals surface area contributed by atoms with Crippen LogP contribution in [0, 0.1) is 12.7 Å². The largest absolute Gasteiger partial charge is 0.408 e.